The van der Waals surface area contributed by atoms with Crippen LogP contribution in [0.25, 0.3) is 11.1 Å². The maximum absolute atomic E-state index is 11.9. The number of nitrogens with two attached hydrogens (primary N) is 1. The van der Waals surface area contributed by atoms with Gasteiger partial charge < -0.3 is 15.4 Å². The second-order valence-corrected chi connectivity index (χ2v) is 5.52. The molecule has 0 radical (unpaired) electrons. The van der Waals surface area contributed by atoms with Crippen LogP contribution in [0.4, 0.5) is 10.7 Å². The molecule has 1 aromatic carbocycles. The van der Waals surface area contributed by atoms with Crippen LogP contribution in [-0.4, -0.2) is 19.1 Å². The highest BCUT2D eigenvalue weighted by Crippen LogP contribution is 2.37. The van der Waals surface area contributed by atoms with Crippen LogP contribution in [0.3, 0.4) is 0 Å². The average Bonchev–Trinajstić information content (AvgIpc) is 2.83. The highest BCUT2D eigenvalue weighted by Gasteiger charge is 2.28. The number of carbonyl (C=O) groups is 1. The Morgan fingerprint density at radius 2 is 2.11 bits per heavy atom. The summed E-state index contributed by atoms with van der Waals surface area (Å²) in [4.78, 5) is 13.6. The summed E-state index contributed by atoms with van der Waals surface area (Å²) >= 11 is 1.50. The lowest BCUT2D eigenvalue weighted by Gasteiger charge is -2.30. The zero-order chi connectivity index (χ0) is 13.6. The number of fused-ring (bicyclic) bond motifs is 1. The molecule has 0 saturated carbocycles. The van der Waals surface area contributed by atoms with E-state index < -0.39 is 6.10 Å². The fourth-order valence-electron chi connectivity index (χ4n) is 2.20. The van der Waals surface area contributed by atoms with Crippen molar-refractivity contribution in [2.24, 2.45) is 0 Å². The molecule has 1 atom stereocenters. The number of amides is 1. The smallest absolute Gasteiger partial charge is 0.267 e. The zero-order valence-electron chi connectivity index (χ0n) is 10.7. The average molecular weight is 274 g/mol. The van der Waals surface area contributed by atoms with Gasteiger partial charge in [0.15, 0.2) is 6.10 Å². The zero-order valence-corrected chi connectivity index (χ0v) is 11.5. The van der Waals surface area contributed by atoms with Gasteiger partial charge in [-0.25, -0.2) is 0 Å². The van der Waals surface area contributed by atoms with E-state index in [0.29, 0.717) is 0 Å². The topological polar surface area (TPSA) is 55.6 Å². The number of nitrogen functional groups attached to an aromatic ring is 1. The summed E-state index contributed by atoms with van der Waals surface area (Å²) in [6.07, 6.45) is -0.430. The molecule has 2 aromatic rings. The van der Waals surface area contributed by atoms with E-state index in [2.05, 4.69) is 0 Å². The molecule has 0 spiro atoms. The molecule has 0 bridgehead atoms. The number of nitrogens with zero attached hydrogens (tertiary/aromatic N) is 1. The van der Waals surface area contributed by atoms with Crippen LogP contribution >= 0.6 is 11.3 Å². The molecule has 1 aliphatic heterocycles. The molecule has 3 rings (SSSR count). The van der Waals surface area contributed by atoms with Gasteiger partial charge in [0, 0.05) is 12.4 Å². The van der Waals surface area contributed by atoms with Crippen LogP contribution in [-0.2, 0) is 4.79 Å². The van der Waals surface area contributed by atoms with Crippen molar-refractivity contribution in [1.29, 1.82) is 0 Å². The lowest BCUT2D eigenvalue weighted by Crippen LogP contribution is -2.41. The van der Waals surface area contributed by atoms with E-state index in [9.17, 15) is 4.79 Å². The van der Waals surface area contributed by atoms with Crippen molar-refractivity contribution < 1.29 is 9.53 Å². The van der Waals surface area contributed by atoms with Crippen molar-refractivity contribution in [3.05, 3.63) is 29.6 Å². The predicted molar refractivity (Wildman–Crippen MR) is 77.7 cm³/mol. The molecule has 0 aliphatic carbocycles. The molecular weight excluding hydrogens is 260 g/mol. The van der Waals surface area contributed by atoms with Crippen LogP contribution in [0.15, 0.2) is 29.6 Å². The number of hydrogen-bond donors (Lipinski definition) is 1. The predicted octanol–water partition coefficient (Wildman–Crippen LogP) is 2.74. The summed E-state index contributed by atoms with van der Waals surface area (Å²) in [6.45, 7) is 1.76. The first-order valence-electron chi connectivity index (χ1n) is 5.99. The second kappa shape index (κ2) is 4.28. The largest absolute Gasteiger partial charge is 0.479 e. The van der Waals surface area contributed by atoms with Crippen LogP contribution in [0, 0.1) is 0 Å². The molecule has 1 unspecified atom stereocenters. The first kappa shape index (κ1) is 12.0. The standard InChI is InChI=1S/C14H14N2O2S/c1-8-14(17)16(2)11-5-9(3-4-12(11)18-8)10-6-13(15)19-7-10/h3-8H,15H2,1-2H3. The van der Waals surface area contributed by atoms with Crippen LogP contribution < -0.4 is 15.4 Å². The number of anilines is 2. The molecule has 2 N–H and O–H groups in total. The van der Waals surface area contributed by atoms with Crippen molar-refractivity contribution in [1.82, 2.24) is 0 Å². The van der Waals surface area contributed by atoms with E-state index >= 15 is 0 Å². The lowest BCUT2D eigenvalue weighted by atomic mass is 10.1. The monoisotopic (exact) mass is 274 g/mol. The third kappa shape index (κ3) is 1.96. The van der Waals surface area contributed by atoms with E-state index in [1.54, 1.807) is 18.9 Å². The van der Waals surface area contributed by atoms with Crippen molar-refractivity contribution in [2.45, 2.75) is 13.0 Å². The quantitative estimate of drug-likeness (QED) is 0.870. The molecule has 1 aliphatic rings. The van der Waals surface area contributed by atoms with Gasteiger partial charge in [-0.1, -0.05) is 6.07 Å². The van der Waals surface area contributed by atoms with Crippen LogP contribution in [0.2, 0.25) is 0 Å². The number of hydrogen-bond acceptors (Lipinski definition) is 4. The molecule has 0 saturated heterocycles. The molecule has 19 heavy (non-hydrogen) atoms. The summed E-state index contributed by atoms with van der Waals surface area (Å²) in [5.74, 6) is 0.705. The molecule has 1 aromatic heterocycles. The number of likely N-dealkylation sites (N-methyl/N-ethyl adjacent to an activating group) is 1. The number of carbonyl (C=O) groups excluding carboxylic acids is 1. The van der Waals surface area contributed by atoms with Gasteiger partial charge in [-0.3, -0.25) is 4.79 Å². The molecule has 98 valence electrons. The van der Waals surface area contributed by atoms with E-state index in [-0.39, 0.29) is 5.91 Å². The number of ether oxygens (including phenoxy) is 1. The summed E-state index contributed by atoms with van der Waals surface area (Å²) in [7, 11) is 1.77. The Kier molecular flexibility index (Phi) is 2.71. The molecular formula is C14H14N2O2S. The van der Waals surface area contributed by atoms with E-state index in [0.717, 1.165) is 27.6 Å². The minimum Gasteiger partial charge on any atom is -0.479 e. The van der Waals surface area contributed by atoms with Gasteiger partial charge in [-0.05, 0) is 36.2 Å². The van der Waals surface area contributed by atoms with Crippen molar-refractivity contribution in [2.75, 3.05) is 17.7 Å². The highest BCUT2D eigenvalue weighted by molar-refractivity contribution is 7.14. The minimum absolute atomic E-state index is 0.0329. The van der Waals surface area contributed by atoms with Gasteiger partial charge in [-0.2, -0.15) is 0 Å². The first-order chi connectivity index (χ1) is 9.06. The molecule has 4 nitrogen and oxygen atoms in total. The number of benzene rings is 1. The van der Waals surface area contributed by atoms with E-state index in [1.165, 1.54) is 11.3 Å². The fraction of sp³-hybridized carbons (Fsp3) is 0.214. The maximum atomic E-state index is 11.9. The van der Waals surface area contributed by atoms with Gasteiger partial charge >= 0.3 is 0 Å². The van der Waals surface area contributed by atoms with Crippen molar-refractivity contribution in [3.8, 4) is 16.9 Å². The summed E-state index contributed by atoms with van der Waals surface area (Å²) in [6, 6.07) is 7.77. The Hall–Kier alpha value is -2.01. The van der Waals surface area contributed by atoms with Gasteiger partial charge in [-0.15, -0.1) is 11.3 Å². The van der Waals surface area contributed by atoms with Crippen molar-refractivity contribution >= 4 is 27.9 Å². The van der Waals surface area contributed by atoms with Gasteiger partial charge in [0.25, 0.3) is 5.91 Å². The van der Waals surface area contributed by atoms with Crippen LogP contribution in [0.5, 0.6) is 5.75 Å². The summed E-state index contributed by atoms with van der Waals surface area (Å²) in [5, 5.41) is 2.78. The Morgan fingerprint density at radius 3 is 2.79 bits per heavy atom. The van der Waals surface area contributed by atoms with Crippen molar-refractivity contribution in [3.63, 3.8) is 0 Å². The van der Waals surface area contributed by atoms with Gasteiger partial charge in [0.05, 0.1) is 10.7 Å². The SMILES string of the molecule is CC1Oc2ccc(-c3csc(N)c3)cc2N(C)C1=O. The van der Waals surface area contributed by atoms with E-state index in [1.807, 2.05) is 29.6 Å². The van der Waals surface area contributed by atoms with Crippen LogP contribution in [0.1, 0.15) is 6.92 Å². The van der Waals surface area contributed by atoms with E-state index in [4.69, 9.17) is 10.5 Å². The second-order valence-electron chi connectivity index (χ2n) is 4.58. The Balaban J connectivity index is 2.07. The normalized spacial score (nSPS) is 18.1. The fourth-order valence-corrected chi connectivity index (χ4v) is 2.86. The number of thiophene rings is 1. The number of rotatable bonds is 1. The first-order valence-corrected chi connectivity index (χ1v) is 6.87. The third-order valence-electron chi connectivity index (χ3n) is 3.26. The molecule has 1 amide bonds. The van der Waals surface area contributed by atoms with Gasteiger partial charge in [0.2, 0.25) is 0 Å². The van der Waals surface area contributed by atoms with Gasteiger partial charge in [0.1, 0.15) is 5.75 Å². The lowest BCUT2D eigenvalue weighted by molar-refractivity contribution is -0.125. The minimum atomic E-state index is -0.430. The summed E-state index contributed by atoms with van der Waals surface area (Å²) < 4.78 is 5.60. The maximum Gasteiger partial charge on any atom is 0.267 e. The Labute approximate surface area is 115 Å². The molecule has 5 heteroatoms. The highest BCUT2D eigenvalue weighted by atomic mass is 32.1. The Morgan fingerprint density at radius 1 is 1.32 bits per heavy atom. The Bertz CT molecular complexity index is 651. The summed E-state index contributed by atoms with van der Waals surface area (Å²) in [5.41, 5.74) is 8.64. The molecule has 0 fully saturated rings. The third-order valence-corrected chi connectivity index (χ3v) is 4.02. The molecule has 2 heterocycles.